The maximum absolute atomic E-state index is 13.6. The summed E-state index contributed by atoms with van der Waals surface area (Å²) in [4.78, 5) is 32.5. The molecule has 0 aliphatic heterocycles. The Balaban J connectivity index is 2.05. The van der Waals surface area contributed by atoms with Crippen LogP contribution in [0, 0.1) is 0 Å². The van der Waals surface area contributed by atoms with Gasteiger partial charge in [-0.15, -0.1) is 11.3 Å². The summed E-state index contributed by atoms with van der Waals surface area (Å²) in [7, 11) is 3.11. The van der Waals surface area contributed by atoms with Crippen LogP contribution in [0.1, 0.15) is 36.2 Å². The molecule has 0 fully saturated rings. The molecule has 2 aromatic heterocycles. The third-order valence-electron chi connectivity index (χ3n) is 5.44. The molecule has 8 heteroatoms. The van der Waals surface area contributed by atoms with Gasteiger partial charge in [0.15, 0.2) is 11.5 Å². The van der Waals surface area contributed by atoms with Crippen LogP contribution in [0.15, 0.2) is 23.0 Å². The lowest BCUT2D eigenvalue weighted by Gasteiger charge is -2.20. The number of nitrogens with zero attached hydrogens (tertiary/aromatic N) is 2. The average Bonchev–Trinajstić information content (AvgIpc) is 3.30. The number of benzene rings is 1. The summed E-state index contributed by atoms with van der Waals surface area (Å²) >= 11 is 1.57. The number of aryl methyl sites for hydroxylation is 2. The van der Waals surface area contributed by atoms with Gasteiger partial charge in [0.1, 0.15) is 16.7 Å². The van der Waals surface area contributed by atoms with Crippen molar-refractivity contribution in [2.24, 2.45) is 5.73 Å². The van der Waals surface area contributed by atoms with E-state index in [1.165, 1.54) is 9.44 Å². The molecule has 0 saturated carbocycles. The lowest BCUT2D eigenvalue weighted by Crippen LogP contribution is -2.35. The number of aromatic nitrogens is 2. The van der Waals surface area contributed by atoms with E-state index < -0.39 is 11.9 Å². The summed E-state index contributed by atoms with van der Waals surface area (Å²) in [6.07, 6.45) is 3.28. The predicted octanol–water partition coefficient (Wildman–Crippen LogP) is 3.07. The van der Waals surface area contributed by atoms with Gasteiger partial charge >= 0.3 is 0 Å². The number of rotatable bonds is 6. The lowest BCUT2D eigenvalue weighted by atomic mass is 10.1. The van der Waals surface area contributed by atoms with Crippen LogP contribution in [-0.4, -0.2) is 29.7 Å². The van der Waals surface area contributed by atoms with Gasteiger partial charge in [0.2, 0.25) is 5.91 Å². The highest BCUT2D eigenvalue weighted by atomic mass is 32.1. The van der Waals surface area contributed by atoms with Crippen LogP contribution in [0.4, 0.5) is 0 Å². The van der Waals surface area contributed by atoms with Gasteiger partial charge in [0.05, 0.1) is 19.6 Å². The molecular weight excluding hydrogens is 390 g/mol. The molecule has 1 unspecified atom stereocenters. The van der Waals surface area contributed by atoms with Crippen molar-refractivity contribution in [2.45, 2.75) is 38.6 Å². The number of carbonyl (C=O) groups is 1. The van der Waals surface area contributed by atoms with E-state index in [-0.39, 0.29) is 5.56 Å². The summed E-state index contributed by atoms with van der Waals surface area (Å²) in [5.41, 5.74) is 7.20. The topological polar surface area (TPSA) is 96.4 Å². The third kappa shape index (κ3) is 3.07. The first-order chi connectivity index (χ1) is 14.0. The minimum atomic E-state index is -0.778. The maximum Gasteiger partial charge on any atom is 0.263 e. The van der Waals surface area contributed by atoms with Crippen LogP contribution in [0.2, 0.25) is 0 Å². The first-order valence-corrected chi connectivity index (χ1v) is 10.4. The molecule has 1 aliphatic carbocycles. The predicted molar refractivity (Wildman–Crippen MR) is 113 cm³/mol. The molecule has 0 spiro atoms. The monoisotopic (exact) mass is 413 g/mol. The molecule has 2 N–H and O–H groups in total. The van der Waals surface area contributed by atoms with Crippen LogP contribution >= 0.6 is 11.3 Å². The van der Waals surface area contributed by atoms with E-state index in [1.807, 2.05) is 6.92 Å². The van der Waals surface area contributed by atoms with E-state index in [0.717, 1.165) is 24.8 Å². The number of thiophene rings is 1. The first-order valence-electron chi connectivity index (χ1n) is 9.58. The fraction of sp³-hybridized carbons (Fsp3) is 0.381. The third-order valence-corrected chi connectivity index (χ3v) is 6.63. The molecule has 4 rings (SSSR count). The van der Waals surface area contributed by atoms with Crippen molar-refractivity contribution in [1.29, 1.82) is 0 Å². The maximum atomic E-state index is 13.6. The van der Waals surface area contributed by atoms with Gasteiger partial charge in [0, 0.05) is 10.4 Å². The summed E-state index contributed by atoms with van der Waals surface area (Å²) < 4.78 is 12.2. The second-order valence-electron chi connectivity index (χ2n) is 7.04. The second kappa shape index (κ2) is 7.51. The Labute approximate surface area is 172 Å². The number of fused-ring (bicyclic) bond motifs is 3. The van der Waals surface area contributed by atoms with Gasteiger partial charge in [0.25, 0.3) is 5.56 Å². The Morgan fingerprint density at radius 1 is 1.28 bits per heavy atom. The number of amides is 1. The molecule has 0 radical (unpaired) electrons. The summed E-state index contributed by atoms with van der Waals surface area (Å²) in [6, 6.07) is 4.55. The van der Waals surface area contributed by atoms with Crippen molar-refractivity contribution >= 4 is 27.5 Å². The fourth-order valence-corrected chi connectivity index (χ4v) is 5.29. The molecule has 1 amide bonds. The van der Waals surface area contributed by atoms with Crippen LogP contribution < -0.4 is 20.8 Å². The molecular formula is C21H23N3O4S. The Kier molecular flexibility index (Phi) is 5.04. The van der Waals surface area contributed by atoms with Crippen molar-refractivity contribution in [3.8, 4) is 22.9 Å². The smallest absolute Gasteiger partial charge is 0.263 e. The van der Waals surface area contributed by atoms with Gasteiger partial charge in [-0.3, -0.25) is 14.2 Å². The number of hydrogen-bond acceptors (Lipinski definition) is 6. The van der Waals surface area contributed by atoms with E-state index in [0.29, 0.717) is 39.5 Å². The van der Waals surface area contributed by atoms with Crippen molar-refractivity contribution < 1.29 is 14.3 Å². The Hall–Kier alpha value is -2.87. The molecule has 152 valence electrons. The van der Waals surface area contributed by atoms with E-state index in [9.17, 15) is 9.59 Å². The van der Waals surface area contributed by atoms with E-state index in [2.05, 4.69) is 0 Å². The van der Waals surface area contributed by atoms with E-state index >= 15 is 0 Å². The molecule has 0 saturated heterocycles. The quantitative estimate of drug-likeness (QED) is 0.670. The van der Waals surface area contributed by atoms with Crippen molar-refractivity contribution in [1.82, 2.24) is 9.55 Å². The zero-order valence-corrected chi connectivity index (χ0v) is 17.5. The highest BCUT2D eigenvalue weighted by Gasteiger charge is 2.28. The van der Waals surface area contributed by atoms with E-state index in [4.69, 9.17) is 20.2 Å². The Bertz CT molecular complexity index is 1160. The molecule has 1 atom stereocenters. The number of ether oxygens (including phenoxy) is 2. The molecule has 7 nitrogen and oxygen atoms in total. The zero-order valence-electron chi connectivity index (χ0n) is 16.7. The molecule has 3 aromatic rings. The van der Waals surface area contributed by atoms with Crippen molar-refractivity contribution in [3.63, 3.8) is 0 Å². The SMILES string of the molecule is CCC(C(N)=O)n1c(-c2ccc(OC)c(OC)c2)nc2sc3c(c2c1=O)CCC3. The minimum Gasteiger partial charge on any atom is -0.493 e. The number of nitrogens with two attached hydrogens (primary N) is 1. The summed E-state index contributed by atoms with van der Waals surface area (Å²) in [5, 5.41) is 0.631. The largest absolute Gasteiger partial charge is 0.493 e. The zero-order chi connectivity index (χ0) is 20.7. The number of carbonyl (C=O) groups excluding carboxylic acids is 1. The van der Waals surface area contributed by atoms with Crippen molar-refractivity contribution in [2.75, 3.05) is 14.2 Å². The van der Waals surface area contributed by atoms with Gasteiger partial charge in [-0.25, -0.2) is 4.98 Å². The lowest BCUT2D eigenvalue weighted by molar-refractivity contribution is -0.121. The average molecular weight is 413 g/mol. The molecule has 1 aromatic carbocycles. The first kappa shape index (κ1) is 19.4. The van der Waals surface area contributed by atoms with Crippen LogP contribution in [0.3, 0.4) is 0 Å². The standard InChI is InChI=1S/C21H23N3O4S/c1-4-13(18(22)25)24-19(11-8-9-14(27-2)15(10-11)28-3)23-20-17(21(24)26)12-6-5-7-16(12)29-20/h8-10,13H,4-7H2,1-3H3,(H2,22,25). The summed E-state index contributed by atoms with van der Waals surface area (Å²) in [6.45, 7) is 1.84. The van der Waals surface area contributed by atoms with Gasteiger partial charge in [-0.2, -0.15) is 0 Å². The molecule has 0 bridgehead atoms. The molecule has 1 aliphatic rings. The number of methoxy groups -OCH3 is 2. The highest BCUT2D eigenvalue weighted by molar-refractivity contribution is 7.18. The van der Waals surface area contributed by atoms with Crippen LogP contribution in [0.25, 0.3) is 21.6 Å². The van der Waals surface area contributed by atoms with Crippen molar-refractivity contribution in [3.05, 3.63) is 39.0 Å². The Morgan fingerprint density at radius 3 is 2.69 bits per heavy atom. The number of primary amides is 1. The normalized spacial score (nSPS) is 14.0. The second-order valence-corrected chi connectivity index (χ2v) is 8.13. The van der Waals surface area contributed by atoms with Crippen LogP contribution in [-0.2, 0) is 17.6 Å². The van der Waals surface area contributed by atoms with E-state index in [1.54, 1.807) is 43.8 Å². The van der Waals surface area contributed by atoms with Gasteiger partial charge in [-0.05, 0) is 49.4 Å². The molecule has 29 heavy (non-hydrogen) atoms. The molecule has 2 heterocycles. The Morgan fingerprint density at radius 2 is 2.03 bits per heavy atom. The fourth-order valence-electron chi connectivity index (χ4n) is 4.03. The minimum absolute atomic E-state index is 0.204. The number of hydrogen-bond donors (Lipinski definition) is 1. The van der Waals surface area contributed by atoms with Crippen LogP contribution in [0.5, 0.6) is 11.5 Å². The van der Waals surface area contributed by atoms with Gasteiger partial charge in [-0.1, -0.05) is 6.92 Å². The van der Waals surface area contributed by atoms with Gasteiger partial charge < -0.3 is 15.2 Å². The highest BCUT2D eigenvalue weighted by Crippen LogP contribution is 2.37. The summed E-state index contributed by atoms with van der Waals surface area (Å²) in [5.74, 6) is 0.952.